The average molecular weight is 432 g/mol. The second-order valence-electron chi connectivity index (χ2n) is 8.26. The number of amides is 1. The molecule has 0 aliphatic carbocycles. The van der Waals surface area contributed by atoms with E-state index in [1.807, 2.05) is 61.7 Å². The molecule has 0 bridgehead atoms. The molecule has 6 heteroatoms. The number of pyridine rings is 1. The van der Waals surface area contributed by atoms with Gasteiger partial charge in [0.25, 0.3) is 5.91 Å². The first-order valence-electron chi connectivity index (χ1n) is 10.8. The minimum Gasteiger partial charge on any atom is -0.496 e. The zero-order valence-electron chi connectivity index (χ0n) is 18.6. The third kappa shape index (κ3) is 4.52. The smallest absolute Gasteiger partial charge is 0.251 e. The Kier molecular flexibility index (Phi) is 6.53. The highest BCUT2D eigenvalue weighted by Gasteiger charge is 2.43. The molecule has 1 aliphatic rings. The number of methoxy groups -OCH3 is 1. The van der Waals surface area contributed by atoms with E-state index in [4.69, 9.17) is 15.2 Å². The molecule has 2 heterocycles. The van der Waals surface area contributed by atoms with Gasteiger partial charge < -0.3 is 15.2 Å². The molecule has 1 fully saturated rings. The molecule has 0 spiro atoms. The molecular weight excluding hydrogens is 402 g/mol. The summed E-state index contributed by atoms with van der Waals surface area (Å²) in [5.41, 5.74) is 10.1. The van der Waals surface area contributed by atoms with E-state index < -0.39 is 11.5 Å². The van der Waals surface area contributed by atoms with Crippen molar-refractivity contribution in [1.29, 1.82) is 0 Å². The largest absolute Gasteiger partial charge is 0.496 e. The Balaban J connectivity index is 1.62. The van der Waals surface area contributed by atoms with Gasteiger partial charge in [0, 0.05) is 49.6 Å². The monoisotopic (exact) mass is 431 g/mol. The maximum absolute atomic E-state index is 12.7. The Morgan fingerprint density at radius 3 is 2.72 bits per heavy atom. The van der Waals surface area contributed by atoms with E-state index in [9.17, 15) is 4.79 Å². The summed E-state index contributed by atoms with van der Waals surface area (Å²) in [5.74, 6) is 0.435. The lowest BCUT2D eigenvalue weighted by Crippen LogP contribution is -2.59. The highest BCUT2D eigenvalue weighted by Crippen LogP contribution is 2.31. The summed E-state index contributed by atoms with van der Waals surface area (Å²) in [4.78, 5) is 19.2. The van der Waals surface area contributed by atoms with Crippen LogP contribution in [0.1, 0.15) is 16.7 Å². The fourth-order valence-electron chi connectivity index (χ4n) is 4.49. The molecule has 1 unspecified atom stereocenters. The number of aryl methyl sites for hydroxylation is 1. The van der Waals surface area contributed by atoms with Crippen LogP contribution in [0.2, 0.25) is 0 Å². The first-order chi connectivity index (χ1) is 15.5. The highest BCUT2D eigenvalue weighted by atomic mass is 16.5. The third-order valence-electron chi connectivity index (χ3n) is 6.07. The van der Waals surface area contributed by atoms with Crippen molar-refractivity contribution in [3.8, 4) is 16.9 Å². The summed E-state index contributed by atoms with van der Waals surface area (Å²) >= 11 is 0. The molecule has 3 aromatic rings. The Hall–Kier alpha value is -3.22. The molecule has 1 amide bonds. The molecule has 4 rings (SSSR count). The van der Waals surface area contributed by atoms with Crippen LogP contribution in [0.3, 0.4) is 0 Å². The lowest BCUT2D eigenvalue weighted by atomic mass is 9.87. The molecule has 6 nitrogen and oxygen atoms in total. The molecule has 2 N–H and O–H groups in total. The number of nitrogens with two attached hydrogens (primary N) is 1. The Bertz CT molecular complexity index is 1090. The van der Waals surface area contributed by atoms with E-state index in [1.54, 1.807) is 13.3 Å². The number of para-hydroxylation sites is 1. The summed E-state index contributed by atoms with van der Waals surface area (Å²) in [7, 11) is 1.69. The summed E-state index contributed by atoms with van der Waals surface area (Å²) in [6.07, 6.45) is 3.97. The van der Waals surface area contributed by atoms with Crippen LogP contribution in [0.4, 0.5) is 0 Å². The number of ether oxygens (including phenoxy) is 2. The Morgan fingerprint density at radius 2 is 1.97 bits per heavy atom. The number of hydrogen-bond donors (Lipinski definition) is 1. The number of aromatic nitrogens is 1. The van der Waals surface area contributed by atoms with E-state index >= 15 is 0 Å². The lowest BCUT2D eigenvalue weighted by molar-refractivity contribution is -0.157. The van der Waals surface area contributed by atoms with Crippen LogP contribution in [-0.2, 0) is 22.5 Å². The van der Waals surface area contributed by atoms with E-state index in [1.165, 1.54) is 0 Å². The molecule has 32 heavy (non-hydrogen) atoms. The van der Waals surface area contributed by atoms with Crippen molar-refractivity contribution in [3.05, 3.63) is 83.7 Å². The van der Waals surface area contributed by atoms with Crippen LogP contribution in [0, 0.1) is 6.92 Å². The maximum atomic E-state index is 12.7. The second-order valence-corrected chi connectivity index (χ2v) is 8.26. The lowest BCUT2D eigenvalue weighted by Gasteiger charge is -2.41. The van der Waals surface area contributed by atoms with Gasteiger partial charge in [-0.3, -0.25) is 14.7 Å². The molecule has 0 saturated carbocycles. The number of carbonyl (C=O) groups is 1. The van der Waals surface area contributed by atoms with Gasteiger partial charge in [-0.05, 0) is 29.7 Å². The van der Waals surface area contributed by atoms with Gasteiger partial charge in [-0.1, -0.05) is 48.5 Å². The van der Waals surface area contributed by atoms with Gasteiger partial charge in [0.1, 0.15) is 5.75 Å². The predicted octanol–water partition coefficient (Wildman–Crippen LogP) is 3.36. The molecule has 166 valence electrons. The maximum Gasteiger partial charge on any atom is 0.251 e. The number of primary amides is 1. The van der Waals surface area contributed by atoms with Crippen LogP contribution in [0.15, 0.2) is 67.0 Å². The normalized spacial score (nSPS) is 18.9. The van der Waals surface area contributed by atoms with Crippen LogP contribution in [0.5, 0.6) is 5.75 Å². The molecule has 1 saturated heterocycles. The standard InChI is InChI=1S/C26H29N3O3/c1-19-7-5-9-22(24(19)31-2)17-29-13-14-32-26(18-29,25(27)30)15-20-8-3-4-11-23(20)21-10-6-12-28-16-21/h3-12,16H,13-15,17-18H2,1-2H3,(H2,27,30). The predicted molar refractivity (Wildman–Crippen MR) is 124 cm³/mol. The number of hydrogen-bond acceptors (Lipinski definition) is 5. The SMILES string of the molecule is COc1c(C)cccc1CN1CCOC(Cc2ccccc2-c2cccnc2)(C(N)=O)C1. The number of nitrogens with zero attached hydrogens (tertiary/aromatic N) is 2. The quantitative estimate of drug-likeness (QED) is 0.621. The van der Waals surface area contributed by atoms with Crippen LogP contribution in [-0.4, -0.2) is 48.2 Å². The second kappa shape index (κ2) is 9.51. The zero-order chi connectivity index (χ0) is 22.6. The van der Waals surface area contributed by atoms with Crippen molar-refractivity contribution >= 4 is 5.91 Å². The van der Waals surface area contributed by atoms with E-state index in [0.717, 1.165) is 40.1 Å². The van der Waals surface area contributed by atoms with Gasteiger partial charge in [-0.2, -0.15) is 0 Å². The fraction of sp³-hybridized carbons (Fsp3) is 0.308. The number of benzene rings is 2. The van der Waals surface area contributed by atoms with Gasteiger partial charge in [-0.25, -0.2) is 0 Å². The van der Waals surface area contributed by atoms with Gasteiger partial charge in [0.15, 0.2) is 5.60 Å². The van der Waals surface area contributed by atoms with Crippen LogP contribution in [0.25, 0.3) is 11.1 Å². The van der Waals surface area contributed by atoms with Crippen LogP contribution >= 0.6 is 0 Å². The first kappa shape index (κ1) is 22.0. The van der Waals surface area contributed by atoms with Crippen molar-refractivity contribution in [2.24, 2.45) is 5.73 Å². The summed E-state index contributed by atoms with van der Waals surface area (Å²) in [5, 5.41) is 0. The summed E-state index contributed by atoms with van der Waals surface area (Å²) in [6, 6.07) is 18.1. The molecule has 1 atom stereocenters. The third-order valence-corrected chi connectivity index (χ3v) is 6.07. The summed E-state index contributed by atoms with van der Waals surface area (Å²) < 4.78 is 11.7. The van der Waals surface area contributed by atoms with Crippen molar-refractivity contribution in [1.82, 2.24) is 9.88 Å². The molecule has 2 aromatic carbocycles. The number of carbonyl (C=O) groups excluding carboxylic acids is 1. The van der Waals surface area contributed by atoms with Crippen molar-refractivity contribution in [2.75, 3.05) is 26.8 Å². The number of morpholine rings is 1. The topological polar surface area (TPSA) is 77.7 Å². The minimum atomic E-state index is -1.10. The minimum absolute atomic E-state index is 0.398. The van der Waals surface area contributed by atoms with Crippen molar-refractivity contribution < 1.29 is 14.3 Å². The summed E-state index contributed by atoms with van der Waals surface area (Å²) in [6.45, 7) is 4.27. The van der Waals surface area contributed by atoms with Crippen molar-refractivity contribution in [2.45, 2.75) is 25.5 Å². The number of rotatable bonds is 7. The zero-order valence-corrected chi connectivity index (χ0v) is 18.6. The van der Waals surface area contributed by atoms with Gasteiger partial charge in [0.2, 0.25) is 0 Å². The van der Waals surface area contributed by atoms with Gasteiger partial charge in [-0.15, -0.1) is 0 Å². The molecule has 0 radical (unpaired) electrons. The molecule has 1 aromatic heterocycles. The van der Waals surface area contributed by atoms with Crippen molar-refractivity contribution in [3.63, 3.8) is 0 Å². The van der Waals surface area contributed by atoms with E-state index in [-0.39, 0.29) is 0 Å². The Labute approximate surface area is 189 Å². The van der Waals surface area contributed by atoms with Crippen LogP contribution < -0.4 is 10.5 Å². The highest BCUT2D eigenvalue weighted by molar-refractivity contribution is 5.85. The Morgan fingerprint density at radius 1 is 1.16 bits per heavy atom. The first-order valence-corrected chi connectivity index (χ1v) is 10.8. The fourth-order valence-corrected chi connectivity index (χ4v) is 4.49. The van der Waals surface area contributed by atoms with Gasteiger partial charge >= 0.3 is 0 Å². The van der Waals surface area contributed by atoms with E-state index in [0.29, 0.717) is 26.1 Å². The molecule has 1 aliphatic heterocycles. The average Bonchev–Trinajstić information content (AvgIpc) is 2.80. The van der Waals surface area contributed by atoms with Gasteiger partial charge in [0.05, 0.1) is 13.7 Å². The van der Waals surface area contributed by atoms with E-state index in [2.05, 4.69) is 16.0 Å². The molecular formula is C26H29N3O3.